The van der Waals surface area contributed by atoms with Gasteiger partial charge in [-0.25, -0.2) is 4.39 Å². The highest BCUT2D eigenvalue weighted by Gasteiger charge is 2.25. The molecule has 0 aliphatic carbocycles. The summed E-state index contributed by atoms with van der Waals surface area (Å²) in [5.74, 6) is 0.538. The first-order valence-corrected chi connectivity index (χ1v) is 10.6. The molecule has 0 spiro atoms. The third-order valence-electron chi connectivity index (χ3n) is 5.35. The fourth-order valence-electron chi connectivity index (χ4n) is 3.85. The number of aliphatic imine (C=N–C) groups is 1. The Morgan fingerprint density at radius 1 is 1.21 bits per heavy atom. The molecule has 6 heteroatoms. The van der Waals surface area contributed by atoms with Crippen LogP contribution in [0.2, 0.25) is 0 Å². The van der Waals surface area contributed by atoms with Crippen LogP contribution in [0.15, 0.2) is 51.6 Å². The van der Waals surface area contributed by atoms with Crippen molar-refractivity contribution >= 4 is 44.2 Å². The molecule has 4 nitrogen and oxygen atoms in total. The van der Waals surface area contributed by atoms with Crippen LogP contribution in [0, 0.1) is 5.82 Å². The Hall–Kier alpha value is -2.86. The van der Waals surface area contributed by atoms with Gasteiger partial charge in [0, 0.05) is 27.8 Å². The molecule has 3 aromatic rings. The maximum atomic E-state index is 14.2. The van der Waals surface area contributed by atoms with Gasteiger partial charge in [0.15, 0.2) is 0 Å². The van der Waals surface area contributed by atoms with Gasteiger partial charge in [0.25, 0.3) is 0 Å². The van der Waals surface area contributed by atoms with E-state index in [0.717, 1.165) is 55.7 Å². The van der Waals surface area contributed by atoms with Crippen molar-refractivity contribution in [2.45, 2.75) is 39.7 Å². The van der Waals surface area contributed by atoms with Gasteiger partial charge in [-0.2, -0.15) is 5.10 Å². The third-order valence-corrected chi connectivity index (χ3v) is 6.45. The van der Waals surface area contributed by atoms with E-state index in [1.165, 1.54) is 17.4 Å². The summed E-state index contributed by atoms with van der Waals surface area (Å²) >= 11 is 1.53. The summed E-state index contributed by atoms with van der Waals surface area (Å²) in [6.07, 6.45) is 1.51. The fraction of sp³-hybridized carbons (Fsp3) is 0.261. The Balaban J connectivity index is 1.70. The van der Waals surface area contributed by atoms with Crippen LogP contribution in [0.5, 0.6) is 5.75 Å². The number of hydrogen-bond donors (Lipinski definition) is 0. The Labute approximate surface area is 172 Å². The maximum Gasteiger partial charge on any atom is 0.146 e. The van der Waals surface area contributed by atoms with E-state index >= 15 is 0 Å². The minimum absolute atomic E-state index is 0.0480. The van der Waals surface area contributed by atoms with Gasteiger partial charge < -0.3 is 4.74 Å². The zero-order valence-electron chi connectivity index (χ0n) is 16.5. The van der Waals surface area contributed by atoms with E-state index in [0.29, 0.717) is 11.8 Å². The summed E-state index contributed by atoms with van der Waals surface area (Å²) in [6.45, 7) is 6.09. The zero-order chi connectivity index (χ0) is 20.1. The van der Waals surface area contributed by atoms with Crippen LogP contribution in [0.1, 0.15) is 43.2 Å². The Kier molecular flexibility index (Phi) is 4.32. The van der Waals surface area contributed by atoms with Gasteiger partial charge in [0.1, 0.15) is 29.1 Å². The lowest BCUT2D eigenvalue weighted by atomic mass is 9.96. The number of benzene rings is 2. The van der Waals surface area contributed by atoms with E-state index in [9.17, 15) is 4.39 Å². The van der Waals surface area contributed by atoms with Crippen molar-refractivity contribution in [1.29, 1.82) is 0 Å². The molecule has 146 valence electrons. The van der Waals surface area contributed by atoms with Crippen LogP contribution < -0.4 is 4.74 Å². The Bertz CT molecular complexity index is 1240. The second-order valence-electron chi connectivity index (χ2n) is 7.42. The van der Waals surface area contributed by atoms with Crippen molar-refractivity contribution in [1.82, 2.24) is 0 Å². The van der Waals surface area contributed by atoms with Gasteiger partial charge in [-0.3, -0.25) is 4.99 Å². The molecule has 0 bridgehead atoms. The zero-order valence-corrected chi connectivity index (χ0v) is 17.3. The molecule has 1 atom stereocenters. The molecule has 3 heterocycles. The summed E-state index contributed by atoms with van der Waals surface area (Å²) in [5.41, 5.74) is 5.66. The standard InChI is InChI=1S/C23H20FN3OS/c1-4-18-13(3)28-20-10-15-14(9-19(20)25-18)8-12(2)26-27-23(15)22-11-16-17(24)6-5-7-21(16)29-22/h5-7,9-11,13H,4,8H2,1-3H3. The summed E-state index contributed by atoms with van der Waals surface area (Å²) in [7, 11) is 0. The van der Waals surface area contributed by atoms with E-state index in [-0.39, 0.29) is 11.9 Å². The van der Waals surface area contributed by atoms with Gasteiger partial charge in [-0.05, 0) is 56.2 Å². The molecule has 0 radical (unpaired) electrons. The summed E-state index contributed by atoms with van der Waals surface area (Å²) in [5, 5.41) is 9.56. The third kappa shape index (κ3) is 3.08. The van der Waals surface area contributed by atoms with E-state index in [1.807, 2.05) is 32.0 Å². The first kappa shape index (κ1) is 18.2. The van der Waals surface area contributed by atoms with Crippen molar-refractivity contribution in [3.8, 4) is 5.75 Å². The number of nitrogens with zero attached hydrogens (tertiary/aromatic N) is 3. The lowest BCUT2D eigenvalue weighted by molar-refractivity contribution is 0.280. The lowest BCUT2D eigenvalue weighted by Gasteiger charge is -2.24. The first-order valence-electron chi connectivity index (χ1n) is 9.74. The molecule has 2 aromatic carbocycles. The normalized spacial score (nSPS) is 18.2. The van der Waals surface area contributed by atoms with Gasteiger partial charge >= 0.3 is 0 Å². The number of ether oxygens (including phenoxy) is 1. The molecule has 0 saturated carbocycles. The SMILES string of the molecule is CCC1=Nc2cc3c(cc2OC1C)C(c1cc2c(F)cccc2s1)=NN=C(C)C3. The number of thiophene rings is 1. The molecule has 0 amide bonds. The van der Waals surface area contributed by atoms with Gasteiger partial charge in [-0.1, -0.05) is 13.0 Å². The molecule has 2 aliphatic rings. The second-order valence-corrected chi connectivity index (χ2v) is 8.50. The molecule has 1 aromatic heterocycles. The number of halogens is 1. The van der Waals surface area contributed by atoms with Crippen LogP contribution in [-0.2, 0) is 6.42 Å². The Morgan fingerprint density at radius 2 is 2.07 bits per heavy atom. The van der Waals surface area contributed by atoms with E-state index in [4.69, 9.17) is 9.73 Å². The average molecular weight is 405 g/mol. The smallest absolute Gasteiger partial charge is 0.146 e. The van der Waals surface area contributed by atoms with E-state index in [1.54, 1.807) is 6.07 Å². The Morgan fingerprint density at radius 3 is 2.86 bits per heavy atom. The van der Waals surface area contributed by atoms with Crippen molar-refractivity contribution in [3.63, 3.8) is 0 Å². The molecule has 5 rings (SSSR count). The summed E-state index contributed by atoms with van der Waals surface area (Å²) in [6, 6.07) is 11.1. The van der Waals surface area contributed by atoms with Crippen molar-refractivity contribution in [2.75, 3.05) is 0 Å². The highest BCUT2D eigenvalue weighted by atomic mass is 32.1. The van der Waals surface area contributed by atoms with Crippen LogP contribution in [0.4, 0.5) is 10.1 Å². The molecule has 0 N–H and O–H groups in total. The van der Waals surface area contributed by atoms with Crippen molar-refractivity contribution in [3.05, 3.63) is 58.2 Å². The number of fused-ring (bicyclic) bond motifs is 3. The highest BCUT2D eigenvalue weighted by Crippen LogP contribution is 2.39. The molecule has 1 unspecified atom stereocenters. The van der Waals surface area contributed by atoms with E-state index in [2.05, 4.69) is 23.2 Å². The lowest BCUT2D eigenvalue weighted by Crippen LogP contribution is -2.26. The summed E-state index contributed by atoms with van der Waals surface area (Å²) in [4.78, 5) is 5.71. The van der Waals surface area contributed by atoms with Crippen LogP contribution in [-0.4, -0.2) is 23.2 Å². The minimum Gasteiger partial charge on any atom is -0.482 e. The molecular weight excluding hydrogens is 385 g/mol. The van der Waals surface area contributed by atoms with Gasteiger partial charge in [0.05, 0.1) is 10.6 Å². The van der Waals surface area contributed by atoms with Crippen molar-refractivity contribution in [2.24, 2.45) is 15.2 Å². The summed E-state index contributed by atoms with van der Waals surface area (Å²) < 4.78 is 21.3. The average Bonchev–Trinajstić information content (AvgIpc) is 3.06. The predicted octanol–water partition coefficient (Wildman–Crippen LogP) is 6.07. The molecule has 0 saturated heterocycles. The van der Waals surface area contributed by atoms with Crippen LogP contribution in [0.3, 0.4) is 0 Å². The van der Waals surface area contributed by atoms with E-state index < -0.39 is 0 Å². The second kappa shape index (κ2) is 6.88. The van der Waals surface area contributed by atoms with Crippen LogP contribution >= 0.6 is 11.3 Å². The predicted molar refractivity (Wildman–Crippen MR) is 118 cm³/mol. The molecule has 29 heavy (non-hydrogen) atoms. The van der Waals surface area contributed by atoms with Gasteiger partial charge in [0.2, 0.25) is 0 Å². The van der Waals surface area contributed by atoms with Crippen molar-refractivity contribution < 1.29 is 9.13 Å². The minimum atomic E-state index is -0.219. The maximum absolute atomic E-state index is 14.2. The first-order chi connectivity index (χ1) is 14.0. The fourth-order valence-corrected chi connectivity index (χ4v) is 4.93. The number of hydrogen-bond acceptors (Lipinski definition) is 5. The highest BCUT2D eigenvalue weighted by molar-refractivity contribution is 7.21. The topological polar surface area (TPSA) is 46.3 Å². The quantitative estimate of drug-likeness (QED) is 0.510. The largest absolute Gasteiger partial charge is 0.482 e. The molecule has 2 aliphatic heterocycles. The molecule has 0 fully saturated rings. The van der Waals surface area contributed by atoms with Crippen LogP contribution in [0.25, 0.3) is 10.1 Å². The van der Waals surface area contributed by atoms with Gasteiger partial charge in [-0.15, -0.1) is 16.4 Å². The number of rotatable bonds is 2. The monoisotopic (exact) mass is 405 g/mol. The molecular formula is C23H20FN3OS.